The molecule has 1 aromatic heterocycles. The van der Waals surface area contributed by atoms with Crippen LogP contribution in [0, 0.1) is 6.92 Å². The number of halogens is 1. The number of nitrogens with one attached hydrogen (secondary N) is 1. The minimum atomic E-state index is -0.193. The van der Waals surface area contributed by atoms with Crippen molar-refractivity contribution in [1.82, 2.24) is 9.78 Å². The van der Waals surface area contributed by atoms with Crippen LogP contribution in [0.5, 0.6) is 0 Å². The predicted octanol–water partition coefficient (Wildman–Crippen LogP) is 1.65. The number of carbonyl (C=O) groups is 2. The first kappa shape index (κ1) is 12.9. The van der Waals surface area contributed by atoms with E-state index < -0.39 is 0 Å². The number of hydrogen-bond donors (Lipinski definition) is 1. The van der Waals surface area contributed by atoms with Crippen LogP contribution in [0.3, 0.4) is 0 Å². The van der Waals surface area contributed by atoms with Gasteiger partial charge < -0.3 is 5.32 Å². The summed E-state index contributed by atoms with van der Waals surface area (Å²) in [6, 6.07) is 0. The molecular formula is C10H14BrN3O2. The molecule has 0 fully saturated rings. The fourth-order valence-corrected chi connectivity index (χ4v) is 1.61. The van der Waals surface area contributed by atoms with E-state index in [9.17, 15) is 9.59 Å². The highest BCUT2D eigenvalue weighted by atomic mass is 79.9. The van der Waals surface area contributed by atoms with Crippen molar-refractivity contribution in [2.24, 2.45) is 7.05 Å². The van der Waals surface area contributed by atoms with Gasteiger partial charge in [0.1, 0.15) is 5.69 Å². The average Bonchev–Trinajstić information content (AvgIpc) is 2.53. The third-order valence-corrected chi connectivity index (χ3v) is 2.70. The quantitative estimate of drug-likeness (QED) is 0.677. The van der Waals surface area contributed by atoms with Gasteiger partial charge in [-0.3, -0.25) is 14.3 Å². The Morgan fingerprint density at radius 1 is 1.50 bits per heavy atom. The highest BCUT2D eigenvalue weighted by Gasteiger charge is 2.19. The van der Waals surface area contributed by atoms with Gasteiger partial charge >= 0.3 is 0 Å². The van der Waals surface area contributed by atoms with E-state index in [1.54, 1.807) is 20.9 Å². The maximum Gasteiger partial charge on any atom is 0.235 e. The first-order valence-electron chi connectivity index (χ1n) is 4.93. The first-order valence-corrected chi connectivity index (χ1v) is 6.06. The smallest absolute Gasteiger partial charge is 0.235 e. The van der Waals surface area contributed by atoms with Crippen molar-refractivity contribution in [3.05, 3.63) is 11.4 Å². The maximum atomic E-state index is 11.7. The number of carbonyl (C=O) groups excluding carboxylic acids is 2. The van der Waals surface area contributed by atoms with E-state index in [1.807, 2.05) is 0 Å². The standard InChI is InChI=1S/C10H14BrN3O2/c1-4-7(15)10-9(12-8(16)5-11)6(2)13-14(10)3/h4-5H2,1-3H3,(H,12,16). The number of aryl methyl sites for hydroxylation is 2. The number of Topliss-reactive ketones (excluding diaryl/α,β-unsaturated/α-hetero) is 1. The number of anilines is 1. The molecule has 88 valence electrons. The number of aromatic nitrogens is 2. The van der Waals surface area contributed by atoms with Crippen molar-refractivity contribution in [3.8, 4) is 0 Å². The molecule has 0 bridgehead atoms. The number of ketones is 1. The average molecular weight is 288 g/mol. The number of nitrogens with zero attached hydrogens (tertiary/aromatic N) is 2. The van der Waals surface area contributed by atoms with Crippen LogP contribution < -0.4 is 5.32 Å². The highest BCUT2D eigenvalue weighted by molar-refractivity contribution is 9.09. The summed E-state index contributed by atoms with van der Waals surface area (Å²) < 4.78 is 1.50. The summed E-state index contributed by atoms with van der Waals surface area (Å²) in [6.45, 7) is 3.54. The normalized spacial score (nSPS) is 10.2. The molecule has 0 atom stereocenters. The maximum absolute atomic E-state index is 11.7. The third kappa shape index (κ3) is 2.49. The van der Waals surface area contributed by atoms with Crippen LogP contribution in [-0.4, -0.2) is 26.8 Å². The Hall–Kier alpha value is -1.17. The van der Waals surface area contributed by atoms with Crippen LogP contribution >= 0.6 is 15.9 Å². The summed E-state index contributed by atoms with van der Waals surface area (Å²) in [5, 5.41) is 7.00. The molecule has 1 N–H and O–H groups in total. The fourth-order valence-electron chi connectivity index (χ4n) is 1.47. The van der Waals surface area contributed by atoms with Crippen molar-refractivity contribution in [2.75, 3.05) is 10.6 Å². The molecule has 1 aromatic rings. The number of amides is 1. The van der Waals surface area contributed by atoms with Gasteiger partial charge in [0.25, 0.3) is 0 Å². The van der Waals surface area contributed by atoms with Crippen LogP contribution in [0.1, 0.15) is 29.5 Å². The molecule has 6 heteroatoms. The van der Waals surface area contributed by atoms with E-state index in [4.69, 9.17) is 0 Å². The molecule has 0 aromatic carbocycles. The zero-order valence-electron chi connectivity index (χ0n) is 9.50. The van der Waals surface area contributed by atoms with Gasteiger partial charge in [-0.2, -0.15) is 5.10 Å². The zero-order chi connectivity index (χ0) is 12.3. The van der Waals surface area contributed by atoms with Crippen LogP contribution in [0.25, 0.3) is 0 Å². The van der Waals surface area contributed by atoms with Crippen LogP contribution in [0.4, 0.5) is 5.69 Å². The van der Waals surface area contributed by atoms with Gasteiger partial charge in [-0.15, -0.1) is 0 Å². The summed E-state index contributed by atoms with van der Waals surface area (Å²) in [7, 11) is 1.69. The van der Waals surface area contributed by atoms with Crippen molar-refractivity contribution in [1.29, 1.82) is 0 Å². The van der Waals surface area contributed by atoms with Gasteiger partial charge in [-0.1, -0.05) is 22.9 Å². The molecule has 0 spiro atoms. The van der Waals surface area contributed by atoms with E-state index >= 15 is 0 Å². The lowest BCUT2D eigenvalue weighted by Crippen LogP contribution is -2.16. The minimum Gasteiger partial charge on any atom is -0.322 e. The lowest BCUT2D eigenvalue weighted by atomic mass is 10.2. The molecule has 16 heavy (non-hydrogen) atoms. The second-order valence-electron chi connectivity index (χ2n) is 3.39. The molecule has 0 radical (unpaired) electrons. The van der Waals surface area contributed by atoms with Gasteiger partial charge in [-0.25, -0.2) is 0 Å². The fraction of sp³-hybridized carbons (Fsp3) is 0.500. The molecule has 0 saturated heterocycles. The van der Waals surface area contributed by atoms with Gasteiger partial charge in [0.15, 0.2) is 5.78 Å². The second-order valence-corrected chi connectivity index (χ2v) is 3.95. The number of hydrogen-bond acceptors (Lipinski definition) is 3. The Balaban J connectivity index is 3.15. The third-order valence-electron chi connectivity index (χ3n) is 2.19. The molecular weight excluding hydrogens is 274 g/mol. The molecule has 0 aliphatic carbocycles. The Bertz CT molecular complexity index is 426. The lowest BCUT2D eigenvalue weighted by Gasteiger charge is -2.05. The van der Waals surface area contributed by atoms with E-state index in [-0.39, 0.29) is 17.0 Å². The summed E-state index contributed by atoms with van der Waals surface area (Å²) in [4.78, 5) is 23.0. The van der Waals surface area contributed by atoms with Crippen molar-refractivity contribution < 1.29 is 9.59 Å². The Morgan fingerprint density at radius 2 is 2.12 bits per heavy atom. The topological polar surface area (TPSA) is 64.0 Å². The summed E-state index contributed by atoms with van der Waals surface area (Å²) in [5.41, 5.74) is 1.61. The predicted molar refractivity (Wildman–Crippen MR) is 65.0 cm³/mol. The van der Waals surface area contributed by atoms with Gasteiger partial charge in [0.2, 0.25) is 5.91 Å². The van der Waals surface area contributed by atoms with E-state index in [1.165, 1.54) is 4.68 Å². The molecule has 1 amide bonds. The first-order chi connectivity index (χ1) is 7.51. The molecule has 5 nitrogen and oxygen atoms in total. The zero-order valence-corrected chi connectivity index (χ0v) is 11.1. The van der Waals surface area contributed by atoms with E-state index in [0.717, 1.165) is 0 Å². The minimum absolute atomic E-state index is 0.0343. The van der Waals surface area contributed by atoms with Crippen LogP contribution in [-0.2, 0) is 11.8 Å². The molecule has 1 rings (SSSR count). The van der Waals surface area contributed by atoms with Gasteiger partial charge in [0, 0.05) is 13.5 Å². The van der Waals surface area contributed by atoms with E-state index in [2.05, 4.69) is 26.3 Å². The van der Waals surface area contributed by atoms with Crippen molar-refractivity contribution >= 4 is 33.3 Å². The van der Waals surface area contributed by atoms with Crippen molar-refractivity contribution in [2.45, 2.75) is 20.3 Å². The summed E-state index contributed by atoms with van der Waals surface area (Å²) in [5.74, 6) is -0.228. The lowest BCUT2D eigenvalue weighted by molar-refractivity contribution is -0.113. The number of rotatable bonds is 4. The molecule has 0 unspecified atom stereocenters. The Labute approximate surface area is 102 Å². The summed E-state index contributed by atoms with van der Waals surface area (Å²) in [6.07, 6.45) is 0.385. The molecule has 0 aliphatic heterocycles. The Kier molecular flexibility index (Phi) is 4.23. The molecule has 0 aliphatic rings. The summed E-state index contributed by atoms with van der Waals surface area (Å²) >= 11 is 3.06. The highest BCUT2D eigenvalue weighted by Crippen LogP contribution is 2.21. The van der Waals surface area contributed by atoms with Crippen LogP contribution in [0.2, 0.25) is 0 Å². The van der Waals surface area contributed by atoms with Crippen molar-refractivity contribution in [3.63, 3.8) is 0 Å². The van der Waals surface area contributed by atoms with E-state index in [0.29, 0.717) is 23.5 Å². The SMILES string of the molecule is CCC(=O)c1c(NC(=O)CBr)c(C)nn1C. The molecule has 0 saturated carbocycles. The van der Waals surface area contributed by atoms with Gasteiger partial charge in [0.05, 0.1) is 16.7 Å². The largest absolute Gasteiger partial charge is 0.322 e. The number of alkyl halides is 1. The monoisotopic (exact) mass is 287 g/mol. The Morgan fingerprint density at radius 3 is 2.62 bits per heavy atom. The van der Waals surface area contributed by atoms with Crippen LogP contribution in [0.15, 0.2) is 0 Å². The molecule has 1 heterocycles. The second kappa shape index (κ2) is 5.25. The van der Waals surface area contributed by atoms with Gasteiger partial charge in [-0.05, 0) is 6.92 Å².